The van der Waals surface area contributed by atoms with Crippen LogP contribution in [0.25, 0.3) is 0 Å². The van der Waals surface area contributed by atoms with E-state index in [1.165, 1.54) is 49.1 Å². The van der Waals surface area contributed by atoms with Crippen LogP contribution in [0.15, 0.2) is 47.8 Å². The first-order chi connectivity index (χ1) is 12.8. The van der Waals surface area contributed by atoms with Gasteiger partial charge in [0.1, 0.15) is 11.8 Å². The number of thiol groups is 1. The Morgan fingerprint density at radius 3 is 2.73 bits per heavy atom. The molecule has 4 unspecified atom stereocenters. The molecule has 0 amide bonds. The molecular weight excluding hydrogens is 342 g/mol. The van der Waals surface area contributed by atoms with Crippen molar-refractivity contribution in [1.29, 1.82) is 0 Å². The van der Waals surface area contributed by atoms with Gasteiger partial charge in [-0.25, -0.2) is 9.98 Å². The van der Waals surface area contributed by atoms with Gasteiger partial charge >= 0.3 is 0 Å². The molecule has 5 heteroatoms. The molecular formula is C21H27N3OS. The summed E-state index contributed by atoms with van der Waals surface area (Å²) in [5.74, 6) is 2.70. The summed E-state index contributed by atoms with van der Waals surface area (Å²) in [5.41, 5.74) is 1.14. The lowest BCUT2D eigenvalue weighted by atomic mass is 9.74. The standard InChI is InChI=1S/C21H27N3OS/c25-20(26-21(16-10-11-16)23-19-13-22-14-24(19)26)12-17-8-4-5-9-18(17)15-6-2-1-3-7-15/h1-3,6-7,13-14,16-18,20,25-26H,4-5,8-12H2. The van der Waals surface area contributed by atoms with Crippen LogP contribution in [0.2, 0.25) is 0 Å². The molecule has 138 valence electrons. The second-order valence-electron chi connectivity index (χ2n) is 7.96. The van der Waals surface area contributed by atoms with Crippen molar-refractivity contribution in [3.8, 4) is 0 Å². The molecule has 0 saturated heterocycles. The van der Waals surface area contributed by atoms with Crippen molar-refractivity contribution in [3.05, 3.63) is 48.4 Å². The van der Waals surface area contributed by atoms with Gasteiger partial charge < -0.3 is 5.11 Å². The molecule has 2 saturated carbocycles. The van der Waals surface area contributed by atoms with E-state index in [0.29, 0.717) is 17.8 Å². The van der Waals surface area contributed by atoms with E-state index in [4.69, 9.17) is 4.99 Å². The van der Waals surface area contributed by atoms with Crippen molar-refractivity contribution in [2.24, 2.45) is 16.8 Å². The molecule has 2 aliphatic carbocycles. The SMILES string of the molecule is OC(CC1CCCCC1c1ccccc1)[SH]1C(C2CC2)=Nc2cncn21. The van der Waals surface area contributed by atoms with Crippen molar-refractivity contribution >= 4 is 21.9 Å². The molecule has 3 aliphatic rings. The van der Waals surface area contributed by atoms with Gasteiger partial charge in [0.25, 0.3) is 0 Å². The van der Waals surface area contributed by atoms with Gasteiger partial charge in [-0.1, -0.05) is 43.2 Å². The zero-order chi connectivity index (χ0) is 17.5. The zero-order valence-corrected chi connectivity index (χ0v) is 15.9. The summed E-state index contributed by atoms with van der Waals surface area (Å²) in [4.78, 5) is 9.09. The molecule has 4 nitrogen and oxygen atoms in total. The Bertz CT molecular complexity index is 799. The first-order valence-corrected chi connectivity index (χ1v) is 11.3. The third kappa shape index (κ3) is 3.01. The van der Waals surface area contributed by atoms with Gasteiger partial charge in [-0.2, -0.15) is 0 Å². The highest BCUT2D eigenvalue weighted by Gasteiger charge is 2.40. The Morgan fingerprint density at radius 1 is 1.12 bits per heavy atom. The highest BCUT2D eigenvalue weighted by molar-refractivity contribution is 8.29. The number of benzene rings is 1. The molecule has 4 atom stereocenters. The van der Waals surface area contributed by atoms with Crippen LogP contribution in [0.1, 0.15) is 56.4 Å². The number of fused-ring (bicyclic) bond motifs is 1. The highest BCUT2D eigenvalue weighted by Crippen LogP contribution is 2.53. The second kappa shape index (κ2) is 6.86. The number of aromatic nitrogens is 2. The fraction of sp³-hybridized carbons (Fsp3) is 0.524. The quantitative estimate of drug-likeness (QED) is 0.745. The van der Waals surface area contributed by atoms with Crippen LogP contribution in [0.4, 0.5) is 5.82 Å². The highest BCUT2D eigenvalue weighted by atomic mass is 32.2. The van der Waals surface area contributed by atoms with Crippen LogP contribution in [-0.4, -0.2) is 24.5 Å². The summed E-state index contributed by atoms with van der Waals surface area (Å²) >= 11 is -0.779. The molecule has 2 aromatic rings. The summed E-state index contributed by atoms with van der Waals surface area (Å²) in [6, 6.07) is 10.9. The second-order valence-corrected chi connectivity index (χ2v) is 10.1. The molecule has 2 fully saturated rings. The smallest absolute Gasteiger partial charge is 0.162 e. The predicted molar refractivity (Wildman–Crippen MR) is 108 cm³/mol. The molecule has 1 aromatic carbocycles. The number of aliphatic hydroxyl groups excluding tert-OH is 1. The largest absolute Gasteiger partial charge is 0.382 e. The van der Waals surface area contributed by atoms with Crippen molar-refractivity contribution in [2.75, 3.05) is 0 Å². The summed E-state index contributed by atoms with van der Waals surface area (Å²) in [6.07, 6.45) is 12.1. The Labute approximate surface area is 157 Å². The maximum Gasteiger partial charge on any atom is 0.162 e. The van der Waals surface area contributed by atoms with Gasteiger partial charge in [-0.05, 0) is 49.5 Å². The Kier molecular flexibility index (Phi) is 4.37. The first-order valence-electron chi connectivity index (χ1n) is 9.94. The van der Waals surface area contributed by atoms with E-state index in [1.807, 2.05) is 12.5 Å². The van der Waals surface area contributed by atoms with Crippen LogP contribution in [0, 0.1) is 11.8 Å². The molecule has 2 heterocycles. The fourth-order valence-corrected chi connectivity index (χ4v) is 7.33. The summed E-state index contributed by atoms with van der Waals surface area (Å²) in [5, 5.41) is 12.5. The summed E-state index contributed by atoms with van der Waals surface area (Å²) in [6.45, 7) is 0. The lowest BCUT2D eigenvalue weighted by Gasteiger charge is -2.36. The van der Waals surface area contributed by atoms with Gasteiger partial charge in [0.2, 0.25) is 0 Å². The Morgan fingerprint density at radius 2 is 1.92 bits per heavy atom. The minimum absolute atomic E-state index is 0.311. The monoisotopic (exact) mass is 369 g/mol. The number of hydrogen-bond acceptors (Lipinski definition) is 3. The minimum atomic E-state index is -0.779. The van der Waals surface area contributed by atoms with Gasteiger partial charge in [0.15, 0.2) is 5.82 Å². The normalized spacial score (nSPS) is 30.7. The van der Waals surface area contributed by atoms with Crippen LogP contribution >= 0.6 is 11.1 Å². The maximum absolute atomic E-state index is 11.3. The molecule has 0 bridgehead atoms. The predicted octanol–water partition coefficient (Wildman–Crippen LogP) is 4.78. The zero-order valence-electron chi connectivity index (χ0n) is 15.0. The van der Waals surface area contributed by atoms with Gasteiger partial charge in [0.05, 0.1) is 11.2 Å². The third-order valence-electron chi connectivity index (χ3n) is 6.17. The average Bonchev–Trinajstić information content (AvgIpc) is 3.31. The lowest BCUT2D eigenvalue weighted by Crippen LogP contribution is -2.26. The van der Waals surface area contributed by atoms with E-state index in [2.05, 4.69) is 39.3 Å². The molecule has 5 rings (SSSR count). The van der Waals surface area contributed by atoms with Gasteiger partial charge in [-0.3, -0.25) is 3.97 Å². The van der Waals surface area contributed by atoms with Crippen LogP contribution in [-0.2, 0) is 0 Å². The Hall–Kier alpha value is -1.59. The van der Waals surface area contributed by atoms with Crippen molar-refractivity contribution < 1.29 is 5.11 Å². The van der Waals surface area contributed by atoms with Gasteiger partial charge in [0, 0.05) is 5.92 Å². The van der Waals surface area contributed by atoms with E-state index in [9.17, 15) is 5.11 Å². The fourth-order valence-electron chi connectivity index (χ4n) is 4.72. The van der Waals surface area contributed by atoms with Gasteiger partial charge in [-0.15, -0.1) is 11.1 Å². The topological polar surface area (TPSA) is 50.4 Å². The third-order valence-corrected chi connectivity index (χ3v) is 8.65. The van der Waals surface area contributed by atoms with E-state index in [1.54, 1.807) is 0 Å². The van der Waals surface area contributed by atoms with E-state index >= 15 is 0 Å². The van der Waals surface area contributed by atoms with Crippen molar-refractivity contribution in [1.82, 2.24) is 8.96 Å². The van der Waals surface area contributed by atoms with Crippen LogP contribution in [0.5, 0.6) is 0 Å². The summed E-state index contributed by atoms with van der Waals surface area (Å²) in [7, 11) is 0. The Balaban J connectivity index is 1.37. The maximum atomic E-state index is 11.3. The number of imidazole rings is 1. The lowest BCUT2D eigenvalue weighted by molar-refractivity contribution is 0.186. The number of rotatable bonds is 5. The van der Waals surface area contributed by atoms with E-state index < -0.39 is 11.1 Å². The van der Waals surface area contributed by atoms with Crippen LogP contribution < -0.4 is 0 Å². The molecule has 0 radical (unpaired) electrons. The van der Waals surface area contributed by atoms with Crippen LogP contribution in [0.3, 0.4) is 0 Å². The molecule has 0 spiro atoms. The molecule has 1 N–H and O–H groups in total. The number of aliphatic hydroxyl groups is 1. The molecule has 26 heavy (non-hydrogen) atoms. The van der Waals surface area contributed by atoms with E-state index in [-0.39, 0.29) is 5.44 Å². The average molecular weight is 370 g/mol. The molecule has 1 aromatic heterocycles. The molecule has 1 aliphatic heterocycles. The number of nitrogens with zero attached hydrogens (tertiary/aromatic N) is 3. The minimum Gasteiger partial charge on any atom is -0.382 e. The number of hydrogen-bond donors (Lipinski definition) is 2. The first kappa shape index (κ1) is 16.6. The number of aliphatic imine (C=N–C) groups is 1. The van der Waals surface area contributed by atoms with E-state index in [0.717, 1.165) is 12.2 Å². The van der Waals surface area contributed by atoms with Crippen molar-refractivity contribution in [3.63, 3.8) is 0 Å². The van der Waals surface area contributed by atoms with Crippen molar-refractivity contribution in [2.45, 2.75) is 56.3 Å². The summed E-state index contributed by atoms with van der Waals surface area (Å²) < 4.78 is 2.16.